The lowest BCUT2D eigenvalue weighted by Gasteiger charge is -1.92. The molecule has 0 spiro atoms. The second kappa shape index (κ2) is 5.34. The molecule has 0 saturated heterocycles. The maximum Gasteiger partial charge on any atom is 0.349 e. The lowest BCUT2D eigenvalue weighted by atomic mass is 10.5. The molecule has 3 heterocycles. The van der Waals surface area contributed by atoms with Gasteiger partial charge < -0.3 is 20.6 Å². The lowest BCUT2D eigenvalue weighted by molar-refractivity contribution is 0.814. The minimum absolute atomic E-state index is 0.262. The molecule has 0 amide bonds. The van der Waals surface area contributed by atoms with Crippen molar-refractivity contribution in [2.75, 3.05) is 11.5 Å². The van der Waals surface area contributed by atoms with Gasteiger partial charge in [-0.3, -0.25) is 0 Å². The first-order valence-corrected chi connectivity index (χ1v) is 5.65. The number of anilines is 2. The zero-order valence-corrected chi connectivity index (χ0v) is 11.1. The van der Waals surface area contributed by atoms with Crippen LogP contribution < -0.4 is 17.2 Å². The van der Waals surface area contributed by atoms with Crippen molar-refractivity contribution in [1.29, 1.82) is 0 Å². The van der Waals surface area contributed by atoms with Gasteiger partial charge in [-0.15, -0.1) is 0 Å². The molecule has 3 aromatic rings. The molecule has 9 nitrogen and oxygen atoms in total. The summed E-state index contributed by atoms with van der Waals surface area (Å²) in [4.78, 5) is 25.9. The van der Waals surface area contributed by atoms with Crippen LogP contribution in [0.5, 0.6) is 0 Å². The summed E-state index contributed by atoms with van der Waals surface area (Å²) in [7, 11) is 3.48. The number of aromatic nitrogens is 6. The summed E-state index contributed by atoms with van der Waals surface area (Å²) < 4.78 is 3.16. The van der Waals surface area contributed by atoms with Crippen molar-refractivity contribution in [1.82, 2.24) is 29.1 Å². The Morgan fingerprint density at radius 1 is 1.10 bits per heavy atom. The molecule has 0 saturated carbocycles. The molecule has 0 aliphatic heterocycles. The SMILES string of the molecule is Cn1ccc(N)nc1=O.Cn1cnc2c(N)ncnc21. The van der Waals surface area contributed by atoms with Gasteiger partial charge in [0, 0.05) is 20.3 Å². The largest absolute Gasteiger partial charge is 0.383 e. The second-order valence-electron chi connectivity index (χ2n) is 4.03. The Bertz CT molecular complexity index is 790. The summed E-state index contributed by atoms with van der Waals surface area (Å²) in [6, 6.07) is 1.57. The van der Waals surface area contributed by atoms with Gasteiger partial charge in [-0.2, -0.15) is 4.98 Å². The van der Waals surface area contributed by atoms with Crippen LogP contribution in [-0.2, 0) is 14.1 Å². The molecule has 0 aliphatic carbocycles. The summed E-state index contributed by atoms with van der Waals surface area (Å²) >= 11 is 0. The highest BCUT2D eigenvalue weighted by molar-refractivity contribution is 5.80. The highest BCUT2D eigenvalue weighted by Gasteiger charge is 2.03. The van der Waals surface area contributed by atoms with Gasteiger partial charge in [0.2, 0.25) is 0 Å². The van der Waals surface area contributed by atoms with E-state index < -0.39 is 0 Å². The zero-order valence-electron chi connectivity index (χ0n) is 11.1. The van der Waals surface area contributed by atoms with E-state index in [2.05, 4.69) is 19.9 Å². The molecule has 0 aromatic carbocycles. The van der Waals surface area contributed by atoms with Gasteiger partial charge in [-0.05, 0) is 6.07 Å². The average molecular weight is 274 g/mol. The van der Waals surface area contributed by atoms with Crippen LogP contribution in [0.15, 0.2) is 29.7 Å². The van der Waals surface area contributed by atoms with Gasteiger partial charge in [0.25, 0.3) is 0 Å². The number of nitrogen functional groups attached to an aromatic ring is 2. The summed E-state index contributed by atoms with van der Waals surface area (Å²) in [6.07, 6.45) is 4.67. The van der Waals surface area contributed by atoms with Gasteiger partial charge in [0.1, 0.15) is 17.7 Å². The van der Waals surface area contributed by atoms with Crippen LogP contribution in [0.4, 0.5) is 11.6 Å². The molecule has 0 unspecified atom stereocenters. The van der Waals surface area contributed by atoms with E-state index in [4.69, 9.17) is 11.5 Å². The molecule has 0 radical (unpaired) electrons. The Kier molecular flexibility index (Phi) is 3.60. The Morgan fingerprint density at radius 3 is 2.45 bits per heavy atom. The monoisotopic (exact) mass is 274 g/mol. The molecule has 3 rings (SSSR count). The van der Waals surface area contributed by atoms with E-state index in [0.717, 1.165) is 5.65 Å². The number of rotatable bonds is 0. The molecule has 4 N–H and O–H groups in total. The summed E-state index contributed by atoms with van der Waals surface area (Å²) in [5, 5.41) is 0. The smallest absolute Gasteiger partial charge is 0.349 e. The number of hydrogen-bond donors (Lipinski definition) is 2. The van der Waals surface area contributed by atoms with Crippen molar-refractivity contribution in [3.05, 3.63) is 35.4 Å². The average Bonchev–Trinajstić information content (AvgIpc) is 2.79. The molecule has 0 aliphatic rings. The Hall–Kier alpha value is -2.97. The molecular formula is C11H14N8O. The maximum atomic E-state index is 10.6. The highest BCUT2D eigenvalue weighted by atomic mass is 16.1. The first-order chi connectivity index (χ1) is 9.49. The molecular weight excluding hydrogens is 260 g/mol. The van der Waals surface area contributed by atoms with Crippen LogP contribution in [0.25, 0.3) is 11.2 Å². The van der Waals surface area contributed by atoms with Crippen LogP contribution in [0.1, 0.15) is 0 Å². The maximum absolute atomic E-state index is 10.6. The van der Waals surface area contributed by atoms with Gasteiger partial charge in [-0.25, -0.2) is 19.7 Å². The normalized spacial score (nSPS) is 10.1. The van der Waals surface area contributed by atoms with Gasteiger partial charge >= 0.3 is 5.69 Å². The Labute approximate surface area is 113 Å². The molecule has 0 fully saturated rings. The molecule has 3 aromatic heterocycles. The van der Waals surface area contributed by atoms with E-state index in [1.807, 2.05) is 7.05 Å². The molecule has 104 valence electrons. The number of hydrogen-bond acceptors (Lipinski definition) is 7. The van der Waals surface area contributed by atoms with Crippen molar-refractivity contribution in [3.63, 3.8) is 0 Å². The number of imidazole rings is 1. The fourth-order valence-corrected chi connectivity index (χ4v) is 1.44. The van der Waals surface area contributed by atoms with Crippen LogP contribution >= 0.6 is 0 Å². The molecule has 0 atom stereocenters. The summed E-state index contributed by atoms with van der Waals surface area (Å²) in [6.45, 7) is 0. The summed E-state index contributed by atoms with van der Waals surface area (Å²) in [5.41, 5.74) is 11.8. The standard InChI is InChI=1S/C6H7N5.C5H7N3O/c1-11-3-10-4-5(7)8-2-9-6(4)11;1-8-3-2-4(6)7-5(8)9/h2-3H,1H3,(H2,7,8,9);2-3H,1H3,(H2,6,7,9). The van der Waals surface area contributed by atoms with Gasteiger partial charge in [-0.1, -0.05) is 0 Å². The van der Waals surface area contributed by atoms with Gasteiger partial charge in [0.05, 0.1) is 6.33 Å². The quantitative estimate of drug-likeness (QED) is 0.554. The number of fused-ring (bicyclic) bond motifs is 1. The topological polar surface area (TPSA) is 131 Å². The van der Waals surface area contributed by atoms with Crippen LogP contribution in [0.2, 0.25) is 0 Å². The second-order valence-corrected chi connectivity index (χ2v) is 4.03. The van der Waals surface area contributed by atoms with E-state index in [-0.39, 0.29) is 11.5 Å². The number of nitrogens with zero attached hydrogens (tertiary/aromatic N) is 6. The lowest BCUT2D eigenvalue weighted by Crippen LogP contribution is -2.19. The fraction of sp³-hybridized carbons (Fsp3) is 0.182. The van der Waals surface area contributed by atoms with E-state index >= 15 is 0 Å². The van der Waals surface area contributed by atoms with E-state index in [1.54, 1.807) is 30.2 Å². The molecule has 0 bridgehead atoms. The van der Waals surface area contributed by atoms with E-state index in [0.29, 0.717) is 11.3 Å². The van der Waals surface area contributed by atoms with Crippen molar-refractivity contribution < 1.29 is 0 Å². The first kappa shape index (κ1) is 13.5. The minimum atomic E-state index is -0.324. The van der Waals surface area contributed by atoms with Crippen molar-refractivity contribution in [2.24, 2.45) is 14.1 Å². The Morgan fingerprint density at radius 2 is 1.85 bits per heavy atom. The fourth-order valence-electron chi connectivity index (χ4n) is 1.44. The summed E-state index contributed by atoms with van der Waals surface area (Å²) in [5.74, 6) is 0.689. The highest BCUT2D eigenvalue weighted by Crippen LogP contribution is 2.11. The number of aryl methyl sites for hydroxylation is 2. The van der Waals surface area contributed by atoms with E-state index in [1.165, 1.54) is 10.9 Å². The number of nitrogens with two attached hydrogens (primary N) is 2. The third-order valence-corrected chi connectivity index (χ3v) is 2.52. The van der Waals surface area contributed by atoms with Crippen LogP contribution in [0, 0.1) is 0 Å². The molecule has 20 heavy (non-hydrogen) atoms. The predicted molar refractivity (Wildman–Crippen MR) is 74.6 cm³/mol. The predicted octanol–water partition coefficient (Wildman–Crippen LogP) is -0.692. The third kappa shape index (κ3) is 2.71. The van der Waals surface area contributed by atoms with Crippen molar-refractivity contribution in [2.45, 2.75) is 0 Å². The van der Waals surface area contributed by atoms with Crippen molar-refractivity contribution in [3.8, 4) is 0 Å². The van der Waals surface area contributed by atoms with Crippen molar-refractivity contribution >= 4 is 22.8 Å². The van der Waals surface area contributed by atoms with Gasteiger partial charge in [0.15, 0.2) is 11.5 Å². The Balaban J connectivity index is 0.000000151. The molecule has 9 heteroatoms. The first-order valence-electron chi connectivity index (χ1n) is 5.65. The zero-order chi connectivity index (χ0) is 14.7. The van der Waals surface area contributed by atoms with E-state index in [9.17, 15) is 4.79 Å². The third-order valence-electron chi connectivity index (χ3n) is 2.52. The van der Waals surface area contributed by atoms with Crippen LogP contribution in [-0.4, -0.2) is 29.1 Å². The van der Waals surface area contributed by atoms with Crippen LogP contribution in [0.3, 0.4) is 0 Å². The minimum Gasteiger partial charge on any atom is -0.383 e.